The number of rotatable bonds is 2. The summed E-state index contributed by atoms with van der Waals surface area (Å²) in [6, 6.07) is 13.0. The summed E-state index contributed by atoms with van der Waals surface area (Å²) in [6.07, 6.45) is 1.02. The Hall–Kier alpha value is -1.28. The van der Waals surface area contributed by atoms with Crippen LogP contribution in [0, 0.1) is 13.8 Å². The second-order valence-corrected chi connectivity index (χ2v) is 6.03. The van der Waals surface area contributed by atoms with Crippen LogP contribution < -0.4 is 4.74 Å². The molecule has 2 aromatic carbocycles. The molecule has 19 heavy (non-hydrogen) atoms. The molecule has 0 aliphatic carbocycles. The number of alkyl halides is 1. The quantitative estimate of drug-likeness (QED) is 0.728. The third kappa shape index (κ3) is 2.30. The van der Waals surface area contributed by atoms with Crippen molar-refractivity contribution in [1.82, 2.24) is 0 Å². The van der Waals surface area contributed by atoms with Crippen LogP contribution in [-0.4, -0.2) is 6.61 Å². The summed E-state index contributed by atoms with van der Waals surface area (Å²) < 4.78 is 5.57. The molecule has 0 radical (unpaired) electrons. The maximum Gasteiger partial charge on any atom is 0.122 e. The Kier molecular flexibility index (Phi) is 3.36. The molecule has 1 atom stereocenters. The molecule has 1 heterocycles. The van der Waals surface area contributed by atoms with Crippen LogP contribution in [0.3, 0.4) is 0 Å². The van der Waals surface area contributed by atoms with Crippen molar-refractivity contribution in [1.29, 1.82) is 0 Å². The second kappa shape index (κ2) is 5.01. The predicted molar refractivity (Wildman–Crippen MR) is 82.3 cm³/mol. The van der Waals surface area contributed by atoms with E-state index in [2.05, 4.69) is 66.2 Å². The molecule has 0 saturated carbocycles. The smallest absolute Gasteiger partial charge is 0.122 e. The summed E-state index contributed by atoms with van der Waals surface area (Å²) in [7, 11) is 0. The summed E-state index contributed by atoms with van der Waals surface area (Å²) in [4.78, 5) is 0.248. The lowest BCUT2D eigenvalue weighted by Crippen LogP contribution is -1.98. The van der Waals surface area contributed by atoms with Gasteiger partial charge in [-0.1, -0.05) is 46.3 Å². The number of aryl methyl sites for hydroxylation is 1. The van der Waals surface area contributed by atoms with Crippen molar-refractivity contribution >= 4 is 15.9 Å². The van der Waals surface area contributed by atoms with Gasteiger partial charge in [0.1, 0.15) is 5.75 Å². The highest BCUT2D eigenvalue weighted by Gasteiger charge is 2.17. The Morgan fingerprint density at radius 1 is 1.16 bits per heavy atom. The van der Waals surface area contributed by atoms with Gasteiger partial charge in [0.25, 0.3) is 0 Å². The van der Waals surface area contributed by atoms with Crippen LogP contribution in [-0.2, 0) is 6.42 Å². The highest BCUT2D eigenvalue weighted by Crippen LogP contribution is 2.36. The molecule has 3 rings (SSSR count). The Labute approximate surface area is 122 Å². The number of fused-ring (bicyclic) bond motifs is 1. The fraction of sp³-hybridized carbons (Fsp3) is 0.294. The third-order valence-corrected chi connectivity index (χ3v) is 4.95. The lowest BCUT2D eigenvalue weighted by atomic mass is 9.96. The molecule has 1 aliphatic rings. The van der Waals surface area contributed by atoms with Gasteiger partial charge in [0.15, 0.2) is 0 Å². The van der Waals surface area contributed by atoms with E-state index in [4.69, 9.17) is 4.74 Å². The lowest BCUT2D eigenvalue weighted by Gasteiger charge is -2.16. The summed E-state index contributed by atoms with van der Waals surface area (Å²) in [5.41, 5.74) is 6.68. The standard InChI is InChI=1S/C17H17BrO/c1-11-4-3-5-15(12(11)2)17(18)14-6-7-16-13(10-14)8-9-19-16/h3-7,10,17H,8-9H2,1-2H3. The highest BCUT2D eigenvalue weighted by atomic mass is 79.9. The second-order valence-electron chi connectivity index (χ2n) is 5.12. The number of benzene rings is 2. The molecular formula is C17H17BrO. The summed E-state index contributed by atoms with van der Waals surface area (Å²) in [5, 5.41) is 0. The number of hydrogen-bond donors (Lipinski definition) is 0. The topological polar surface area (TPSA) is 9.23 Å². The van der Waals surface area contributed by atoms with E-state index in [9.17, 15) is 0 Å². The molecule has 0 spiro atoms. The van der Waals surface area contributed by atoms with Crippen molar-refractivity contribution < 1.29 is 4.74 Å². The maximum atomic E-state index is 5.57. The van der Waals surface area contributed by atoms with Crippen LogP contribution in [0.1, 0.15) is 32.6 Å². The first-order chi connectivity index (χ1) is 9.16. The predicted octanol–water partition coefficient (Wildman–Crippen LogP) is 4.72. The highest BCUT2D eigenvalue weighted by molar-refractivity contribution is 9.09. The van der Waals surface area contributed by atoms with Gasteiger partial charge in [-0.15, -0.1) is 0 Å². The fourth-order valence-electron chi connectivity index (χ4n) is 2.59. The van der Waals surface area contributed by atoms with Crippen LogP contribution in [0.15, 0.2) is 36.4 Å². The van der Waals surface area contributed by atoms with Gasteiger partial charge in [0, 0.05) is 6.42 Å². The number of halogens is 1. The summed E-state index contributed by atoms with van der Waals surface area (Å²) in [6.45, 7) is 5.17. The molecule has 0 amide bonds. The Morgan fingerprint density at radius 2 is 2.00 bits per heavy atom. The van der Waals surface area contributed by atoms with E-state index in [0.717, 1.165) is 18.8 Å². The van der Waals surface area contributed by atoms with E-state index in [-0.39, 0.29) is 4.83 Å². The van der Waals surface area contributed by atoms with Crippen LogP contribution in [0.25, 0.3) is 0 Å². The summed E-state index contributed by atoms with van der Waals surface area (Å²) >= 11 is 3.85. The van der Waals surface area contributed by atoms with Crippen molar-refractivity contribution in [2.24, 2.45) is 0 Å². The molecule has 2 aromatic rings. The molecule has 0 N–H and O–H groups in total. The van der Waals surface area contributed by atoms with Crippen LogP contribution >= 0.6 is 15.9 Å². The lowest BCUT2D eigenvalue weighted by molar-refractivity contribution is 0.357. The van der Waals surface area contributed by atoms with Crippen molar-refractivity contribution in [3.8, 4) is 5.75 Å². The Bertz CT molecular complexity index is 619. The number of hydrogen-bond acceptors (Lipinski definition) is 1. The van der Waals surface area contributed by atoms with Crippen molar-refractivity contribution in [3.63, 3.8) is 0 Å². The van der Waals surface area contributed by atoms with E-state index < -0.39 is 0 Å². The molecule has 0 aromatic heterocycles. The molecule has 1 nitrogen and oxygen atoms in total. The fourth-order valence-corrected chi connectivity index (χ4v) is 3.37. The van der Waals surface area contributed by atoms with Gasteiger partial charge in [0.2, 0.25) is 0 Å². The minimum Gasteiger partial charge on any atom is -0.493 e. The molecule has 2 heteroatoms. The molecule has 98 valence electrons. The SMILES string of the molecule is Cc1cccc(C(Br)c2ccc3c(c2)CCO3)c1C. The van der Waals surface area contributed by atoms with E-state index >= 15 is 0 Å². The Morgan fingerprint density at radius 3 is 2.84 bits per heavy atom. The molecular weight excluding hydrogens is 300 g/mol. The van der Waals surface area contributed by atoms with Crippen LogP contribution in [0.4, 0.5) is 0 Å². The van der Waals surface area contributed by atoms with Crippen LogP contribution in [0.2, 0.25) is 0 Å². The molecule has 0 saturated heterocycles. The van der Waals surface area contributed by atoms with Gasteiger partial charge in [-0.3, -0.25) is 0 Å². The van der Waals surface area contributed by atoms with E-state index in [0.29, 0.717) is 0 Å². The third-order valence-electron chi connectivity index (χ3n) is 3.93. The molecule has 0 fully saturated rings. The zero-order chi connectivity index (χ0) is 13.4. The van der Waals surface area contributed by atoms with E-state index in [1.165, 1.54) is 27.8 Å². The van der Waals surface area contributed by atoms with Gasteiger partial charge in [-0.05, 0) is 47.7 Å². The monoisotopic (exact) mass is 316 g/mol. The minimum atomic E-state index is 0.248. The first-order valence-electron chi connectivity index (χ1n) is 6.62. The zero-order valence-electron chi connectivity index (χ0n) is 11.2. The van der Waals surface area contributed by atoms with Crippen LogP contribution in [0.5, 0.6) is 5.75 Å². The minimum absolute atomic E-state index is 0.248. The first-order valence-corrected chi connectivity index (χ1v) is 7.54. The van der Waals surface area contributed by atoms with Gasteiger partial charge in [-0.25, -0.2) is 0 Å². The van der Waals surface area contributed by atoms with Gasteiger partial charge in [0.05, 0.1) is 11.4 Å². The number of ether oxygens (including phenoxy) is 1. The van der Waals surface area contributed by atoms with Gasteiger partial charge in [-0.2, -0.15) is 0 Å². The summed E-state index contributed by atoms with van der Waals surface area (Å²) in [5.74, 6) is 1.05. The van der Waals surface area contributed by atoms with Crippen molar-refractivity contribution in [3.05, 3.63) is 64.2 Å². The average molecular weight is 317 g/mol. The first kappa shape index (κ1) is 12.7. The van der Waals surface area contributed by atoms with Gasteiger partial charge >= 0.3 is 0 Å². The van der Waals surface area contributed by atoms with E-state index in [1.54, 1.807) is 0 Å². The largest absolute Gasteiger partial charge is 0.493 e. The molecule has 0 bridgehead atoms. The van der Waals surface area contributed by atoms with Crippen molar-refractivity contribution in [2.75, 3.05) is 6.61 Å². The normalized spacial score (nSPS) is 14.9. The Balaban J connectivity index is 2.00. The molecule has 1 aliphatic heterocycles. The maximum absolute atomic E-state index is 5.57. The molecule has 1 unspecified atom stereocenters. The van der Waals surface area contributed by atoms with Crippen molar-refractivity contribution in [2.45, 2.75) is 25.1 Å². The van der Waals surface area contributed by atoms with E-state index in [1.807, 2.05) is 0 Å². The average Bonchev–Trinajstić information content (AvgIpc) is 2.88. The zero-order valence-corrected chi connectivity index (χ0v) is 12.8. The van der Waals surface area contributed by atoms with Gasteiger partial charge < -0.3 is 4.74 Å².